The predicted octanol–water partition coefficient (Wildman–Crippen LogP) is 4.17. The molecule has 4 aromatic rings. The van der Waals surface area contributed by atoms with Crippen molar-refractivity contribution < 1.29 is 9.32 Å². The Hall–Kier alpha value is -3.41. The van der Waals surface area contributed by atoms with Crippen molar-refractivity contribution in [2.45, 2.75) is 20.8 Å². The number of amides is 1. The van der Waals surface area contributed by atoms with Gasteiger partial charge in [-0.3, -0.25) is 4.79 Å². The zero-order chi connectivity index (χ0) is 18.3. The lowest BCUT2D eigenvalue weighted by atomic mass is 10.1. The third kappa shape index (κ3) is 2.75. The minimum atomic E-state index is -0.241. The molecule has 0 atom stereocenters. The summed E-state index contributed by atoms with van der Waals surface area (Å²) in [5.74, 6) is 0.252. The van der Waals surface area contributed by atoms with Gasteiger partial charge >= 0.3 is 0 Å². The van der Waals surface area contributed by atoms with E-state index in [2.05, 4.69) is 10.5 Å². The first-order valence-electron chi connectivity index (χ1n) is 8.31. The molecule has 3 heterocycles. The Morgan fingerprint density at radius 1 is 1.15 bits per heavy atom. The van der Waals surface area contributed by atoms with Crippen molar-refractivity contribution in [3.63, 3.8) is 0 Å². The molecule has 1 aromatic carbocycles. The Morgan fingerprint density at radius 2 is 2.00 bits per heavy atom. The maximum Gasteiger partial charge on any atom is 0.260 e. The van der Waals surface area contributed by atoms with Gasteiger partial charge in [0.25, 0.3) is 5.91 Å². The maximum atomic E-state index is 12.5. The SMILES string of the molecule is Cc1ccc(-c2cn3cccc(C)c3n2)cc1NC(=O)c1cnoc1C. The highest BCUT2D eigenvalue weighted by atomic mass is 16.5. The van der Waals surface area contributed by atoms with E-state index in [0.29, 0.717) is 11.3 Å². The topological polar surface area (TPSA) is 72.4 Å². The number of fused-ring (bicyclic) bond motifs is 1. The number of imidazole rings is 1. The second-order valence-corrected chi connectivity index (χ2v) is 6.33. The first-order chi connectivity index (χ1) is 12.5. The van der Waals surface area contributed by atoms with E-state index in [0.717, 1.165) is 33.7 Å². The van der Waals surface area contributed by atoms with E-state index in [9.17, 15) is 4.79 Å². The first kappa shape index (κ1) is 16.1. The molecule has 0 aliphatic rings. The number of hydrogen-bond donors (Lipinski definition) is 1. The number of rotatable bonds is 3. The molecule has 6 heteroatoms. The molecule has 0 radical (unpaired) electrons. The van der Waals surface area contributed by atoms with Crippen LogP contribution in [0.2, 0.25) is 0 Å². The summed E-state index contributed by atoms with van der Waals surface area (Å²) in [4.78, 5) is 17.2. The number of nitrogens with one attached hydrogen (secondary N) is 1. The van der Waals surface area contributed by atoms with Gasteiger partial charge in [0.05, 0.1) is 11.9 Å². The lowest BCUT2D eigenvalue weighted by molar-refractivity contribution is 0.102. The van der Waals surface area contributed by atoms with Crippen LogP contribution in [0.3, 0.4) is 0 Å². The molecule has 0 aliphatic carbocycles. The smallest absolute Gasteiger partial charge is 0.260 e. The van der Waals surface area contributed by atoms with Gasteiger partial charge in [-0.1, -0.05) is 23.4 Å². The molecular formula is C20H18N4O2. The molecule has 6 nitrogen and oxygen atoms in total. The van der Waals surface area contributed by atoms with E-state index in [1.165, 1.54) is 6.20 Å². The molecule has 4 rings (SSSR count). The fourth-order valence-electron chi connectivity index (χ4n) is 2.92. The summed E-state index contributed by atoms with van der Waals surface area (Å²) < 4.78 is 6.97. The minimum absolute atomic E-state index is 0.241. The molecule has 0 saturated carbocycles. The Labute approximate surface area is 150 Å². The van der Waals surface area contributed by atoms with Crippen molar-refractivity contribution in [2.75, 3.05) is 5.32 Å². The maximum absolute atomic E-state index is 12.5. The Balaban J connectivity index is 1.70. The number of pyridine rings is 1. The van der Waals surface area contributed by atoms with Gasteiger partial charge in [-0.2, -0.15) is 0 Å². The van der Waals surface area contributed by atoms with Crippen LogP contribution in [0, 0.1) is 20.8 Å². The highest BCUT2D eigenvalue weighted by molar-refractivity contribution is 6.05. The van der Waals surface area contributed by atoms with Gasteiger partial charge < -0.3 is 14.2 Å². The molecule has 3 aromatic heterocycles. The summed E-state index contributed by atoms with van der Waals surface area (Å²) in [6.45, 7) is 5.70. The van der Waals surface area contributed by atoms with Crippen LogP contribution in [0.15, 0.2) is 53.4 Å². The molecule has 0 fully saturated rings. The highest BCUT2D eigenvalue weighted by Crippen LogP contribution is 2.26. The van der Waals surface area contributed by atoms with Crippen LogP contribution in [0.1, 0.15) is 27.2 Å². The average Bonchev–Trinajstić information content (AvgIpc) is 3.24. The Kier molecular flexibility index (Phi) is 3.80. The normalized spacial score (nSPS) is 11.0. The van der Waals surface area contributed by atoms with E-state index in [1.807, 2.05) is 61.0 Å². The zero-order valence-electron chi connectivity index (χ0n) is 14.8. The number of benzene rings is 1. The van der Waals surface area contributed by atoms with Gasteiger partial charge in [-0.15, -0.1) is 0 Å². The van der Waals surface area contributed by atoms with Crippen molar-refractivity contribution in [3.05, 3.63) is 71.4 Å². The van der Waals surface area contributed by atoms with Crippen molar-refractivity contribution in [1.82, 2.24) is 14.5 Å². The molecule has 1 N–H and O–H groups in total. The van der Waals surface area contributed by atoms with Gasteiger partial charge in [0.2, 0.25) is 0 Å². The van der Waals surface area contributed by atoms with E-state index < -0.39 is 0 Å². The van der Waals surface area contributed by atoms with E-state index >= 15 is 0 Å². The Morgan fingerprint density at radius 3 is 2.73 bits per heavy atom. The quantitative estimate of drug-likeness (QED) is 0.604. The summed E-state index contributed by atoms with van der Waals surface area (Å²) in [6, 6.07) is 9.95. The van der Waals surface area contributed by atoms with Gasteiger partial charge in [0.15, 0.2) is 0 Å². The van der Waals surface area contributed by atoms with Gasteiger partial charge in [-0.05, 0) is 44.0 Å². The third-order valence-corrected chi connectivity index (χ3v) is 4.45. The number of aromatic nitrogens is 3. The number of anilines is 1. The molecule has 0 aliphatic heterocycles. The summed E-state index contributed by atoms with van der Waals surface area (Å²) in [5.41, 5.74) is 5.97. The molecular weight excluding hydrogens is 328 g/mol. The lowest BCUT2D eigenvalue weighted by Gasteiger charge is -2.09. The molecule has 0 unspecified atom stereocenters. The standard InChI is InChI=1S/C20H18N4O2/c1-12-6-7-15(18-11-24-8-4-5-13(2)19(24)22-18)9-17(12)23-20(25)16-10-21-26-14(16)3/h4-11H,1-3H3,(H,23,25). The molecule has 1 amide bonds. The zero-order valence-corrected chi connectivity index (χ0v) is 14.8. The highest BCUT2D eigenvalue weighted by Gasteiger charge is 2.15. The monoisotopic (exact) mass is 346 g/mol. The van der Waals surface area contributed by atoms with E-state index in [1.54, 1.807) is 6.92 Å². The second kappa shape index (κ2) is 6.15. The van der Waals surface area contributed by atoms with Gasteiger partial charge in [0, 0.05) is 23.6 Å². The van der Waals surface area contributed by atoms with Crippen molar-refractivity contribution >= 4 is 17.2 Å². The van der Waals surface area contributed by atoms with Gasteiger partial charge in [0.1, 0.15) is 17.0 Å². The largest absolute Gasteiger partial charge is 0.361 e. The lowest BCUT2D eigenvalue weighted by Crippen LogP contribution is -2.13. The van der Waals surface area contributed by atoms with Crippen molar-refractivity contribution in [1.29, 1.82) is 0 Å². The van der Waals surface area contributed by atoms with Crippen LogP contribution in [-0.4, -0.2) is 20.4 Å². The predicted molar refractivity (Wildman–Crippen MR) is 99.3 cm³/mol. The second-order valence-electron chi connectivity index (χ2n) is 6.33. The van der Waals surface area contributed by atoms with Crippen LogP contribution < -0.4 is 5.32 Å². The van der Waals surface area contributed by atoms with Crippen molar-refractivity contribution in [3.8, 4) is 11.3 Å². The third-order valence-electron chi connectivity index (χ3n) is 4.45. The molecule has 0 saturated heterocycles. The number of nitrogens with zero attached hydrogens (tertiary/aromatic N) is 3. The van der Waals surface area contributed by atoms with E-state index in [4.69, 9.17) is 9.51 Å². The number of carbonyl (C=O) groups is 1. The summed E-state index contributed by atoms with van der Waals surface area (Å²) in [7, 11) is 0. The summed E-state index contributed by atoms with van der Waals surface area (Å²) in [5, 5.41) is 6.59. The van der Waals surface area contributed by atoms with Crippen LogP contribution in [-0.2, 0) is 0 Å². The average molecular weight is 346 g/mol. The van der Waals surface area contributed by atoms with E-state index in [-0.39, 0.29) is 5.91 Å². The molecule has 130 valence electrons. The van der Waals surface area contributed by atoms with Crippen LogP contribution in [0.25, 0.3) is 16.9 Å². The van der Waals surface area contributed by atoms with Crippen LogP contribution in [0.5, 0.6) is 0 Å². The number of hydrogen-bond acceptors (Lipinski definition) is 4. The minimum Gasteiger partial charge on any atom is -0.361 e. The van der Waals surface area contributed by atoms with Gasteiger partial charge in [-0.25, -0.2) is 4.98 Å². The molecule has 0 spiro atoms. The summed E-state index contributed by atoms with van der Waals surface area (Å²) in [6.07, 6.45) is 5.39. The first-order valence-corrected chi connectivity index (χ1v) is 8.31. The fourth-order valence-corrected chi connectivity index (χ4v) is 2.92. The number of aryl methyl sites for hydroxylation is 3. The number of carbonyl (C=O) groups excluding carboxylic acids is 1. The molecule has 26 heavy (non-hydrogen) atoms. The van der Waals surface area contributed by atoms with Crippen LogP contribution >= 0.6 is 0 Å². The summed E-state index contributed by atoms with van der Waals surface area (Å²) >= 11 is 0. The fraction of sp³-hybridized carbons (Fsp3) is 0.150. The van der Waals surface area contributed by atoms with Crippen LogP contribution in [0.4, 0.5) is 5.69 Å². The Bertz CT molecular complexity index is 1120. The molecule has 0 bridgehead atoms. The van der Waals surface area contributed by atoms with Crippen molar-refractivity contribution in [2.24, 2.45) is 0 Å².